The molecule has 2 aromatic heterocycles. The Balaban J connectivity index is 1.51. The van der Waals surface area contributed by atoms with Gasteiger partial charge in [0.15, 0.2) is 5.13 Å². The lowest BCUT2D eigenvalue weighted by Crippen LogP contribution is -2.38. The number of nitrogens with zero attached hydrogens (tertiary/aromatic N) is 3. The van der Waals surface area contributed by atoms with Crippen LogP contribution in [0.5, 0.6) is 0 Å². The molecule has 10 heteroatoms. The van der Waals surface area contributed by atoms with Crippen LogP contribution in [0.1, 0.15) is 24.2 Å². The molecule has 1 atom stereocenters. The van der Waals surface area contributed by atoms with Crippen molar-refractivity contribution in [3.05, 3.63) is 30.0 Å². The molecular formula is C14H16F3N5S2. The van der Waals surface area contributed by atoms with Crippen LogP contribution < -0.4 is 10.6 Å². The number of nitrogens with one attached hydrogen (secondary N) is 2. The van der Waals surface area contributed by atoms with Crippen LogP contribution in [-0.4, -0.2) is 34.1 Å². The van der Waals surface area contributed by atoms with Gasteiger partial charge in [-0.25, -0.2) is 15.0 Å². The molecule has 2 aromatic rings. The molecule has 0 radical (unpaired) electrons. The van der Waals surface area contributed by atoms with Crippen molar-refractivity contribution >= 4 is 28.2 Å². The quantitative estimate of drug-likeness (QED) is 0.781. The second kappa shape index (κ2) is 7.66. The number of thioether (sulfide) groups is 1. The van der Waals surface area contributed by atoms with Crippen LogP contribution in [0, 0.1) is 0 Å². The number of rotatable bonds is 5. The molecule has 1 aliphatic heterocycles. The van der Waals surface area contributed by atoms with Gasteiger partial charge in [-0.3, -0.25) is 0 Å². The van der Waals surface area contributed by atoms with Crippen molar-refractivity contribution < 1.29 is 13.2 Å². The normalized spacial score (nSPS) is 18.5. The number of anilines is 1. The highest BCUT2D eigenvalue weighted by molar-refractivity contribution is 8.00. The summed E-state index contributed by atoms with van der Waals surface area (Å²) >= 11 is 3.05. The molecule has 0 amide bonds. The molecule has 130 valence electrons. The van der Waals surface area contributed by atoms with E-state index >= 15 is 0 Å². The first kappa shape index (κ1) is 17.4. The summed E-state index contributed by atoms with van der Waals surface area (Å²) in [6.45, 7) is 2.00. The van der Waals surface area contributed by atoms with Gasteiger partial charge < -0.3 is 10.6 Å². The fourth-order valence-corrected chi connectivity index (χ4v) is 4.13. The smallest absolute Gasteiger partial charge is 0.357 e. The zero-order chi connectivity index (χ0) is 17.0. The number of piperidine rings is 1. The molecule has 0 saturated carbocycles. The molecule has 0 aromatic carbocycles. The monoisotopic (exact) mass is 375 g/mol. The molecule has 0 aliphatic carbocycles. The van der Waals surface area contributed by atoms with Crippen molar-refractivity contribution in [1.82, 2.24) is 20.3 Å². The maximum Gasteiger partial charge on any atom is 0.451 e. The lowest BCUT2D eigenvalue weighted by Gasteiger charge is -2.23. The third-order valence-electron chi connectivity index (χ3n) is 3.45. The molecule has 1 fully saturated rings. The van der Waals surface area contributed by atoms with Gasteiger partial charge in [-0.05, 0) is 24.9 Å². The average molecular weight is 375 g/mol. The van der Waals surface area contributed by atoms with E-state index in [1.165, 1.54) is 24.2 Å². The first-order valence-electron chi connectivity index (χ1n) is 7.45. The molecule has 3 heterocycles. The summed E-state index contributed by atoms with van der Waals surface area (Å²) in [5, 5.41) is 7.61. The van der Waals surface area contributed by atoms with E-state index in [9.17, 15) is 13.2 Å². The number of alkyl halides is 3. The lowest BCUT2D eigenvalue weighted by atomic mass is 10.1. The van der Waals surface area contributed by atoms with E-state index in [1.807, 2.05) is 0 Å². The first-order chi connectivity index (χ1) is 11.5. The Bertz CT molecular complexity index is 653. The van der Waals surface area contributed by atoms with E-state index in [1.54, 1.807) is 17.5 Å². The Kier molecular flexibility index (Phi) is 5.57. The van der Waals surface area contributed by atoms with E-state index in [0.717, 1.165) is 35.3 Å². The third-order valence-corrected chi connectivity index (χ3v) is 5.64. The van der Waals surface area contributed by atoms with Gasteiger partial charge in [0, 0.05) is 30.7 Å². The molecule has 1 aliphatic rings. The summed E-state index contributed by atoms with van der Waals surface area (Å²) in [6, 6.07) is 0.395. The fourth-order valence-electron chi connectivity index (χ4n) is 2.27. The van der Waals surface area contributed by atoms with Gasteiger partial charge in [-0.15, -0.1) is 11.8 Å². The summed E-state index contributed by atoms with van der Waals surface area (Å²) in [4.78, 5) is 11.1. The van der Waals surface area contributed by atoms with Gasteiger partial charge in [-0.2, -0.15) is 13.2 Å². The first-order valence-corrected chi connectivity index (χ1v) is 9.25. The number of hydrogen-bond acceptors (Lipinski definition) is 7. The van der Waals surface area contributed by atoms with Crippen molar-refractivity contribution in [3.63, 3.8) is 0 Å². The molecule has 24 heavy (non-hydrogen) atoms. The Hall–Kier alpha value is -1.39. The van der Waals surface area contributed by atoms with Crippen molar-refractivity contribution in [2.45, 2.75) is 35.0 Å². The van der Waals surface area contributed by atoms with Crippen LogP contribution in [0.4, 0.5) is 18.3 Å². The maximum atomic E-state index is 12.4. The zero-order valence-corrected chi connectivity index (χ0v) is 14.3. The van der Waals surface area contributed by atoms with Crippen molar-refractivity contribution in [3.8, 4) is 0 Å². The van der Waals surface area contributed by atoms with E-state index in [4.69, 9.17) is 0 Å². The van der Waals surface area contributed by atoms with Gasteiger partial charge in [0.05, 0.1) is 10.4 Å². The highest BCUT2D eigenvalue weighted by atomic mass is 32.2. The standard InChI is InChI=1S/C14H16F3N5S2/c15-14(16,17)12-19-4-9(5-20-12)8-23-11-7-21-13(24-11)22-10-2-1-3-18-6-10/h4-5,7,10,18H,1-3,6,8H2,(H,21,22). The van der Waals surface area contributed by atoms with Gasteiger partial charge in [0.25, 0.3) is 0 Å². The van der Waals surface area contributed by atoms with Crippen molar-refractivity contribution in [1.29, 1.82) is 0 Å². The zero-order valence-electron chi connectivity index (χ0n) is 12.6. The Morgan fingerprint density at radius 2 is 2.04 bits per heavy atom. The minimum absolute atomic E-state index is 0.395. The van der Waals surface area contributed by atoms with Gasteiger partial charge >= 0.3 is 6.18 Å². The summed E-state index contributed by atoms with van der Waals surface area (Å²) in [6.07, 6.45) is 1.99. The third kappa shape index (κ3) is 4.81. The van der Waals surface area contributed by atoms with E-state index in [0.29, 0.717) is 17.4 Å². The Labute approximate surface area is 145 Å². The topological polar surface area (TPSA) is 62.7 Å². The summed E-state index contributed by atoms with van der Waals surface area (Å²) in [5.41, 5.74) is 0.646. The van der Waals surface area contributed by atoms with Crippen molar-refractivity contribution in [2.75, 3.05) is 18.4 Å². The van der Waals surface area contributed by atoms with Crippen molar-refractivity contribution in [2.24, 2.45) is 0 Å². The summed E-state index contributed by atoms with van der Waals surface area (Å²) < 4.78 is 38.3. The number of thiazole rings is 1. The van der Waals surface area contributed by atoms with Gasteiger partial charge in [0.2, 0.25) is 5.82 Å². The molecule has 0 spiro atoms. The summed E-state index contributed by atoms with van der Waals surface area (Å²) in [7, 11) is 0. The second-order valence-electron chi connectivity index (χ2n) is 5.37. The van der Waals surface area contributed by atoms with Crippen LogP contribution in [0.2, 0.25) is 0 Å². The number of halogens is 3. The van der Waals surface area contributed by atoms with E-state index < -0.39 is 12.0 Å². The predicted molar refractivity (Wildman–Crippen MR) is 88.2 cm³/mol. The molecule has 1 unspecified atom stereocenters. The highest BCUT2D eigenvalue weighted by Crippen LogP contribution is 2.31. The largest absolute Gasteiger partial charge is 0.451 e. The molecule has 3 rings (SSSR count). The summed E-state index contributed by atoms with van der Waals surface area (Å²) in [5.74, 6) is -0.605. The predicted octanol–water partition coefficient (Wildman–Crippen LogP) is 3.41. The van der Waals surface area contributed by atoms with Crippen LogP contribution >= 0.6 is 23.1 Å². The van der Waals surface area contributed by atoms with Crippen LogP contribution in [0.3, 0.4) is 0 Å². The average Bonchev–Trinajstić information content (AvgIpc) is 3.01. The molecule has 0 bridgehead atoms. The number of hydrogen-bond donors (Lipinski definition) is 2. The Morgan fingerprint density at radius 1 is 1.25 bits per heavy atom. The molecule has 1 saturated heterocycles. The molecule has 2 N–H and O–H groups in total. The van der Waals surface area contributed by atoms with Gasteiger partial charge in [0.1, 0.15) is 0 Å². The van der Waals surface area contributed by atoms with Gasteiger partial charge in [-0.1, -0.05) is 11.3 Å². The van der Waals surface area contributed by atoms with Crippen LogP contribution in [0.25, 0.3) is 0 Å². The molecule has 5 nitrogen and oxygen atoms in total. The highest BCUT2D eigenvalue weighted by Gasteiger charge is 2.34. The minimum atomic E-state index is -4.50. The fraction of sp³-hybridized carbons (Fsp3) is 0.500. The maximum absolute atomic E-state index is 12.4. The molecular weight excluding hydrogens is 359 g/mol. The SMILES string of the molecule is FC(F)(F)c1ncc(CSc2cnc(NC3CCCNC3)s2)cn1. The Morgan fingerprint density at radius 3 is 2.71 bits per heavy atom. The van der Waals surface area contributed by atoms with Crippen LogP contribution in [0.15, 0.2) is 22.8 Å². The lowest BCUT2D eigenvalue weighted by molar-refractivity contribution is -0.145. The minimum Gasteiger partial charge on any atom is -0.357 e. The van der Waals surface area contributed by atoms with Crippen LogP contribution in [-0.2, 0) is 11.9 Å². The second-order valence-corrected chi connectivity index (χ2v) is 7.68. The number of aromatic nitrogens is 3. The van der Waals surface area contributed by atoms with E-state index in [2.05, 4.69) is 25.6 Å². The van der Waals surface area contributed by atoms with E-state index in [-0.39, 0.29) is 0 Å².